The first-order chi connectivity index (χ1) is 13.9. The van der Waals surface area contributed by atoms with Crippen LogP contribution >= 0.6 is 0 Å². The van der Waals surface area contributed by atoms with Gasteiger partial charge >= 0.3 is 12.5 Å². The van der Waals surface area contributed by atoms with Gasteiger partial charge in [-0.2, -0.15) is 13.2 Å². The first kappa shape index (κ1) is 24.0. The van der Waals surface area contributed by atoms with Crippen LogP contribution in [0.2, 0.25) is 0 Å². The molecule has 0 aromatic heterocycles. The summed E-state index contributed by atoms with van der Waals surface area (Å²) < 4.78 is 78.9. The summed E-state index contributed by atoms with van der Waals surface area (Å²) in [7, 11) is 0. The third-order valence-electron chi connectivity index (χ3n) is 4.36. The first-order valence-corrected chi connectivity index (χ1v) is 9.30. The highest BCUT2D eigenvalue weighted by Gasteiger charge is 2.37. The van der Waals surface area contributed by atoms with Crippen molar-refractivity contribution in [2.45, 2.75) is 51.5 Å². The maximum Gasteiger partial charge on any atom is 0.573 e. The van der Waals surface area contributed by atoms with Crippen molar-refractivity contribution >= 4 is 0 Å². The Kier molecular flexibility index (Phi) is 8.14. The van der Waals surface area contributed by atoms with Crippen molar-refractivity contribution in [3.05, 3.63) is 65.2 Å². The zero-order valence-electron chi connectivity index (χ0n) is 16.3. The van der Waals surface area contributed by atoms with Gasteiger partial charge in [0.1, 0.15) is 11.9 Å². The molecule has 1 unspecified atom stereocenters. The van der Waals surface area contributed by atoms with Crippen molar-refractivity contribution in [1.82, 2.24) is 4.90 Å². The number of hydrogen-bond acceptors (Lipinski definition) is 3. The summed E-state index contributed by atoms with van der Waals surface area (Å²) >= 11 is 0. The van der Waals surface area contributed by atoms with E-state index >= 15 is 0 Å². The molecule has 2 aromatic carbocycles. The Labute approximate surface area is 170 Å². The van der Waals surface area contributed by atoms with Crippen LogP contribution in [0.15, 0.2) is 48.5 Å². The highest BCUT2D eigenvalue weighted by molar-refractivity contribution is 5.29. The molecule has 0 saturated carbocycles. The van der Waals surface area contributed by atoms with Crippen molar-refractivity contribution < 1.29 is 36.2 Å². The van der Waals surface area contributed by atoms with Gasteiger partial charge in [-0.25, -0.2) is 0 Å². The van der Waals surface area contributed by atoms with Crippen LogP contribution in [0.3, 0.4) is 0 Å². The van der Waals surface area contributed by atoms with Crippen molar-refractivity contribution in [2.75, 3.05) is 6.54 Å². The van der Waals surface area contributed by atoms with Crippen LogP contribution in [-0.4, -0.2) is 35.2 Å². The minimum atomic E-state index is -4.81. The lowest BCUT2D eigenvalue weighted by molar-refractivity contribution is -0.274. The lowest BCUT2D eigenvalue weighted by Crippen LogP contribution is -2.30. The van der Waals surface area contributed by atoms with Crippen molar-refractivity contribution in [2.24, 2.45) is 0 Å². The number of aryl methyl sites for hydroxylation is 1. The molecule has 1 atom stereocenters. The maximum absolute atomic E-state index is 12.5. The minimum absolute atomic E-state index is 0.0746. The number of ether oxygens (including phenoxy) is 1. The van der Waals surface area contributed by atoms with E-state index in [1.54, 1.807) is 6.07 Å². The monoisotopic (exact) mass is 435 g/mol. The van der Waals surface area contributed by atoms with E-state index in [4.69, 9.17) is 0 Å². The van der Waals surface area contributed by atoms with E-state index in [1.807, 2.05) is 36.1 Å². The average Bonchev–Trinajstić information content (AvgIpc) is 2.59. The van der Waals surface area contributed by atoms with E-state index in [1.165, 1.54) is 18.2 Å². The predicted molar refractivity (Wildman–Crippen MR) is 99.7 cm³/mol. The van der Waals surface area contributed by atoms with Gasteiger partial charge in [0.15, 0.2) is 0 Å². The van der Waals surface area contributed by atoms with E-state index < -0.39 is 25.1 Å². The molecular weight excluding hydrogens is 412 g/mol. The van der Waals surface area contributed by atoms with E-state index in [9.17, 15) is 31.4 Å². The first-order valence-electron chi connectivity index (χ1n) is 9.30. The summed E-state index contributed by atoms with van der Waals surface area (Å²) in [6.07, 6.45) is -12.3. The number of benzene rings is 2. The van der Waals surface area contributed by atoms with Crippen LogP contribution in [0.4, 0.5) is 26.3 Å². The Balaban J connectivity index is 2.09. The van der Waals surface area contributed by atoms with Gasteiger partial charge in [0, 0.05) is 13.1 Å². The smallest absolute Gasteiger partial charge is 0.406 e. The molecule has 0 fully saturated rings. The molecule has 0 heterocycles. The summed E-state index contributed by atoms with van der Waals surface area (Å²) in [5.41, 5.74) is 2.47. The standard InChI is InChI=1S/C21H23F6NO2/c1-15-5-2-6-16(11-15)13-28(10-4-9-19(29)20(22,23)24)14-17-7-3-8-18(12-17)30-21(25,26)27/h2-3,5-8,11-12,19,29H,4,9-10,13-14H2,1H3. The van der Waals surface area contributed by atoms with E-state index in [-0.39, 0.29) is 25.3 Å². The molecule has 3 nitrogen and oxygen atoms in total. The Morgan fingerprint density at radius 3 is 2.10 bits per heavy atom. The third kappa shape index (κ3) is 8.62. The third-order valence-corrected chi connectivity index (χ3v) is 4.36. The molecule has 30 heavy (non-hydrogen) atoms. The lowest BCUT2D eigenvalue weighted by atomic mass is 10.1. The number of aliphatic hydroxyl groups is 1. The second-order valence-electron chi connectivity index (χ2n) is 7.09. The van der Waals surface area contributed by atoms with Gasteiger partial charge in [-0.1, -0.05) is 42.0 Å². The average molecular weight is 435 g/mol. The fraction of sp³-hybridized carbons (Fsp3) is 0.429. The molecule has 2 rings (SSSR count). The number of halogens is 6. The largest absolute Gasteiger partial charge is 0.573 e. The number of nitrogens with zero attached hydrogens (tertiary/aromatic N) is 1. The summed E-state index contributed by atoms with van der Waals surface area (Å²) in [6, 6.07) is 13.0. The number of hydrogen-bond donors (Lipinski definition) is 1. The van der Waals surface area contributed by atoms with Gasteiger partial charge in [0.25, 0.3) is 0 Å². The molecule has 2 aromatic rings. The predicted octanol–water partition coefficient (Wildman–Crippen LogP) is 5.60. The van der Waals surface area contributed by atoms with Crippen LogP contribution in [0.5, 0.6) is 5.75 Å². The normalized spacial score (nSPS) is 13.5. The molecule has 0 aliphatic carbocycles. The molecular formula is C21H23F6NO2. The molecule has 0 amide bonds. The zero-order valence-corrected chi connectivity index (χ0v) is 16.3. The second kappa shape index (κ2) is 10.2. The minimum Gasteiger partial charge on any atom is -0.406 e. The van der Waals surface area contributed by atoms with Crippen LogP contribution in [0.25, 0.3) is 0 Å². The van der Waals surface area contributed by atoms with Crippen molar-refractivity contribution in [1.29, 1.82) is 0 Å². The van der Waals surface area contributed by atoms with Crippen molar-refractivity contribution in [3.63, 3.8) is 0 Å². The lowest BCUT2D eigenvalue weighted by Gasteiger charge is -2.24. The van der Waals surface area contributed by atoms with Crippen molar-refractivity contribution in [3.8, 4) is 5.75 Å². The Hall–Kier alpha value is -2.26. The molecule has 0 radical (unpaired) electrons. The summed E-state index contributed by atoms with van der Waals surface area (Å²) in [5.74, 6) is -0.358. The van der Waals surface area contributed by atoms with Gasteiger partial charge in [0.05, 0.1) is 0 Å². The highest BCUT2D eigenvalue weighted by Crippen LogP contribution is 2.25. The molecule has 9 heteroatoms. The molecule has 0 saturated heterocycles. The van der Waals surface area contributed by atoms with Gasteiger partial charge in [-0.15, -0.1) is 13.2 Å². The molecule has 1 N–H and O–H groups in total. The van der Waals surface area contributed by atoms with Crippen LogP contribution < -0.4 is 4.74 Å². The zero-order chi connectivity index (χ0) is 22.4. The fourth-order valence-corrected chi connectivity index (χ4v) is 3.05. The molecule has 0 aliphatic heterocycles. The van der Waals surface area contributed by atoms with Gasteiger partial charge in [-0.3, -0.25) is 4.90 Å². The number of rotatable bonds is 9. The maximum atomic E-state index is 12.5. The summed E-state index contributed by atoms with van der Waals surface area (Å²) in [6.45, 7) is 2.75. The Bertz CT molecular complexity index is 807. The van der Waals surface area contributed by atoms with Crippen LogP contribution in [-0.2, 0) is 13.1 Å². The van der Waals surface area contributed by atoms with Crippen LogP contribution in [0, 0.1) is 6.92 Å². The molecule has 166 valence electrons. The quantitative estimate of drug-likeness (QED) is 0.521. The highest BCUT2D eigenvalue weighted by atomic mass is 19.4. The fourth-order valence-electron chi connectivity index (χ4n) is 3.05. The van der Waals surface area contributed by atoms with Gasteiger partial charge in [0.2, 0.25) is 0 Å². The summed E-state index contributed by atoms with van der Waals surface area (Å²) in [5, 5.41) is 9.19. The Morgan fingerprint density at radius 2 is 1.53 bits per heavy atom. The Morgan fingerprint density at radius 1 is 0.933 bits per heavy atom. The van der Waals surface area contributed by atoms with E-state index in [0.717, 1.165) is 11.1 Å². The van der Waals surface area contributed by atoms with E-state index in [2.05, 4.69) is 4.74 Å². The SMILES string of the molecule is Cc1cccc(CN(CCCC(O)C(F)(F)F)Cc2cccc(OC(F)(F)F)c2)c1. The number of aliphatic hydroxyl groups excluding tert-OH is 1. The molecule has 0 spiro atoms. The van der Waals surface area contributed by atoms with Gasteiger partial charge in [-0.05, 0) is 49.6 Å². The summed E-state index contributed by atoms with van der Waals surface area (Å²) in [4.78, 5) is 1.82. The second-order valence-corrected chi connectivity index (χ2v) is 7.09. The molecule has 0 bridgehead atoms. The van der Waals surface area contributed by atoms with E-state index in [0.29, 0.717) is 12.1 Å². The van der Waals surface area contributed by atoms with Crippen LogP contribution in [0.1, 0.15) is 29.5 Å². The number of alkyl halides is 6. The topological polar surface area (TPSA) is 32.7 Å². The van der Waals surface area contributed by atoms with Gasteiger partial charge < -0.3 is 9.84 Å². The molecule has 0 aliphatic rings.